The van der Waals surface area contributed by atoms with Crippen LogP contribution in [0, 0.1) is 5.92 Å². The SMILES string of the molecule is CC(CC(=O)O)CC(=O)O.CC(NCC(=O)O)C(=O)O. The Kier molecular flexibility index (Phi) is 10.8. The number of hydrogen-bond donors (Lipinski definition) is 5. The Bertz CT molecular complexity index is 338. The van der Waals surface area contributed by atoms with Gasteiger partial charge in [-0.15, -0.1) is 0 Å². The zero-order valence-electron chi connectivity index (χ0n) is 11.2. The minimum absolute atomic E-state index is 0.0771. The minimum atomic E-state index is -1.06. The molecule has 0 aromatic carbocycles. The fourth-order valence-electron chi connectivity index (χ4n) is 0.996. The van der Waals surface area contributed by atoms with Gasteiger partial charge < -0.3 is 20.4 Å². The Balaban J connectivity index is 0. The summed E-state index contributed by atoms with van der Waals surface area (Å²) < 4.78 is 0. The summed E-state index contributed by atoms with van der Waals surface area (Å²) in [5.41, 5.74) is 0. The number of hydrogen-bond acceptors (Lipinski definition) is 5. The molecule has 0 aromatic rings. The van der Waals surface area contributed by atoms with Gasteiger partial charge in [0.15, 0.2) is 0 Å². The molecule has 9 nitrogen and oxygen atoms in total. The van der Waals surface area contributed by atoms with E-state index < -0.39 is 29.9 Å². The summed E-state index contributed by atoms with van der Waals surface area (Å²) in [5, 5.41) is 35.0. The average molecular weight is 293 g/mol. The van der Waals surface area contributed by atoms with Crippen molar-refractivity contribution in [3.8, 4) is 0 Å². The molecule has 116 valence electrons. The molecular weight excluding hydrogens is 274 g/mol. The van der Waals surface area contributed by atoms with Crippen LogP contribution in [0.25, 0.3) is 0 Å². The first-order valence-corrected chi connectivity index (χ1v) is 5.67. The summed E-state index contributed by atoms with van der Waals surface area (Å²) in [4.78, 5) is 39.9. The lowest BCUT2D eigenvalue weighted by molar-refractivity contribution is -0.142. The van der Waals surface area contributed by atoms with Crippen LogP contribution in [0.15, 0.2) is 0 Å². The first-order valence-electron chi connectivity index (χ1n) is 5.67. The summed E-state index contributed by atoms with van der Waals surface area (Å²) in [6.07, 6.45) is -0.154. The summed E-state index contributed by atoms with van der Waals surface area (Å²) in [5.74, 6) is -4.30. The fourth-order valence-corrected chi connectivity index (χ4v) is 0.996. The zero-order chi connectivity index (χ0) is 16.3. The van der Waals surface area contributed by atoms with Gasteiger partial charge in [-0.25, -0.2) is 0 Å². The Morgan fingerprint density at radius 3 is 1.50 bits per heavy atom. The largest absolute Gasteiger partial charge is 0.481 e. The van der Waals surface area contributed by atoms with Crippen LogP contribution >= 0.6 is 0 Å². The molecule has 0 bridgehead atoms. The molecule has 1 unspecified atom stereocenters. The van der Waals surface area contributed by atoms with Crippen LogP contribution in [0.5, 0.6) is 0 Å². The van der Waals surface area contributed by atoms with Gasteiger partial charge in [-0.05, 0) is 12.8 Å². The molecule has 0 fully saturated rings. The van der Waals surface area contributed by atoms with E-state index in [0.29, 0.717) is 0 Å². The molecule has 0 heterocycles. The third-order valence-electron chi connectivity index (χ3n) is 1.98. The number of carboxylic acids is 4. The van der Waals surface area contributed by atoms with Gasteiger partial charge in [-0.1, -0.05) is 6.92 Å². The molecule has 20 heavy (non-hydrogen) atoms. The van der Waals surface area contributed by atoms with E-state index in [0.717, 1.165) is 0 Å². The average Bonchev–Trinajstić information content (AvgIpc) is 2.23. The highest BCUT2D eigenvalue weighted by Crippen LogP contribution is 2.06. The van der Waals surface area contributed by atoms with Crippen LogP contribution in [0.2, 0.25) is 0 Å². The van der Waals surface area contributed by atoms with Gasteiger partial charge in [0.1, 0.15) is 6.04 Å². The second-order valence-corrected chi connectivity index (χ2v) is 4.14. The molecule has 5 N–H and O–H groups in total. The second kappa shape index (κ2) is 10.7. The highest BCUT2D eigenvalue weighted by Gasteiger charge is 2.11. The Morgan fingerprint density at radius 2 is 1.25 bits per heavy atom. The standard InChI is InChI=1S/C6H10O4.C5H9NO4/c1-4(2-5(7)8)3-6(9)10;1-3(5(9)10)6-2-4(7)8/h4H,2-3H2,1H3,(H,7,8)(H,9,10);3,6H,2H2,1H3,(H,7,8)(H,9,10). The Morgan fingerprint density at radius 1 is 0.850 bits per heavy atom. The van der Waals surface area contributed by atoms with Gasteiger partial charge in [-0.2, -0.15) is 0 Å². The monoisotopic (exact) mass is 293 g/mol. The Labute approximate surface area is 115 Å². The van der Waals surface area contributed by atoms with Gasteiger partial charge in [0.2, 0.25) is 0 Å². The molecule has 0 rings (SSSR count). The van der Waals surface area contributed by atoms with Crippen molar-refractivity contribution in [1.29, 1.82) is 0 Å². The molecule has 0 spiro atoms. The maximum absolute atomic E-state index is 10.1. The lowest BCUT2D eigenvalue weighted by Gasteiger charge is -2.04. The molecule has 0 aliphatic rings. The summed E-state index contributed by atoms with van der Waals surface area (Å²) in [6.45, 7) is 2.65. The lowest BCUT2D eigenvalue weighted by Crippen LogP contribution is -2.37. The number of nitrogens with one attached hydrogen (secondary N) is 1. The first kappa shape index (κ1) is 20.2. The van der Waals surface area contributed by atoms with Crippen molar-refractivity contribution in [1.82, 2.24) is 5.32 Å². The third kappa shape index (κ3) is 15.8. The van der Waals surface area contributed by atoms with Gasteiger partial charge in [0, 0.05) is 12.8 Å². The van der Waals surface area contributed by atoms with E-state index in [1.54, 1.807) is 6.92 Å². The van der Waals surface area contributed by atoms with Crippen molar-refractivity contribution >= 4 is 23.9 Å². The van der Waals surface area contributed by atoms with Crippen molar-refractivity contribution in [3.05, 3.63) is 0 Å². The van der Waals surface area contributed by atoms with E-state index in [9.17, 15) is 19.2 Å². The van der Waals surface area contributed by atoms with E-state index in [1.807, 2.05) is 0 Å². The van der Waals surface area contributed by atoms with Crippen molar-refractivity contribution in [2.45, 2.75) is 32.7 Å². The van der Waals surface area contributed by atoms with Crippen LogP contribution < -0.4 is 5.32 Å². The molecule has 0 amide bonds. The van der Waals surface area contributed by atoms with E-state index in [4.69, 9.17) is 20.4 Å². The lowest BCUT2D eigenvalue weighted by atomic mass is 10.1. The van der Waals surface area contributed by atoms with Crippen LogP contribution in [0.3, 0.4) is 0 Å². The molecule has 0 aliphatic heterocycles. The van der Waals surface area contributed by atoms with Crippen LogP contribution in [-0.2, 0) is 19.2 Å². The van der Waals surface area contributed by atoms with Gasteiger partial charge >= 0.3 is 23.9 Å². The predicted molar refractivity (Wildman–Crippen MR) is 66.4 cm³/mol. The third-order valence-corrected chi connectivity index (χ3v) is 1.98. The van der Waals surface area contributed by atoms with Crippen molar-refractivity contribution < 1.29 is 39.6 Å². The highest BCUT2D eigenvalue weighted by atomic mass is 16.4. The summed E-state index contributed by atoms with van der Waals surface area (Å²) in [6, 6.07) is -0.809. The van der Waals surface area contributed by atoms with Crippen LogP contribution in [-0.4, -0.2) is 56.9 Å². The normalized spacial score (nSPS) is 11.2. The predicted octanol–water partition coefficient (Wildman–Crippen LogP) is -0.294. The maximum atomic E-state index is 10.1. The molecule has 0 saturated carbocycles. The molecule has 9 heteroatoms. The van der Waals surface area contributed by atoms with Crippen molar-refractivity contribution in [3.63, 3.8) is 0 Å². The summed E-state index contributed by atoms with van der Waals surface area (Å²) >= 11 is 0. The van der Waals surface area contributed by atoms with E-state index >= 15 is 0 Å². The molecule has 0 aromatic heterocycles. The number of rotatable bonds is 8. The molecule has 1 atom stereocenters. The van der Waals surface area contributed by atoms with Crippen LogP contribution in [0.1, 0.15) is 26.7 Å². The van der Waals surface area contributed by atoms with Crippen molar-refractivity contribution in [2.75, 3.05) is 6.54 Å². The fraction of sp³-hybridized carbons (Fsp3) is 0.636. The van der Waals surface area contributed by atoms with E-state index in [1.165, 1.54) is 6.92 Å². The number of carboxylic acid groups (broad SMARTS) is 4. The quantitative estimate of drug-likeness (QED) is 0.404. The molecule has 0 aliphatic carbocycles. The first-order chi connectivity index (χ1) is 9.06. The number of aliphatic carboxylic acids is 4. The topological polar surface area (TPSA) is 161 Å². The molecular formula is C11H19NO8. The van der Waals surface area contributed by atoms with Gasteiger partial charge in [0.05, 0.1) is 6.54 Å². The minimum Gasteiger partial charge on any atom is -0.481 e. The molecule has 0 radical (unpaired) electrons. The highest BCUT2D eigenvalue weighted by molar-refractivity contribution is 5.75. The number of carbonyl (C=O) groups is 4. The van der Waals surface area contributed by atoms with Gasteiger partial charge in [-0.3, -0.25) is 24.5 Å². The maximum Gasteiger partial charge on any atom is 0.320 e. The van der Waals surface area contributed by atoms with Gasteiger partial charge in [0.25, 0.3) is 0 Å². The zero-order valence-corrected chi connectivity index (χ0v) is 11.2. The second-order valence-electron chi connectivity index (χ2n) is 4.14. The van der Waals surface area contributed by atoms with Crippen molar-refractivity contribution in [2.24, 2.45) is 5.92 Å². The van der Waals surface area contributed by atoms with E-state index in [2.05, 4.69) is 5.32 Å². The van der Waals surface area contributed by atoms with E-state index in [-0.39, 0.29) is 25.3 Å². The smallest absolute Gasteiger partial charge is 0.320 e. The Hall–Kier alpha value is -2.16. The molecule has 0 saturated heterocycles. The summed E-state index contributed by atoms with van der Waals surface area (Å²) in [7, 11) is 0. The van der Waals surface area contributed by atoms with Crippen LogP contribution in [0.4, 0.5) is 0 Å².